The lowest BCUT2D eigenvalue weighted by Crippen LogP contribution is -2.09. The second kappa shape index (κ2) is 5.85. The van der Waals surface area contributed by atoms with E-state index < -0.39 is 5.82 Å². The highest BCUT2D eigenvalue weighted by atomic mass is 19.1. The van der Waals surface area contributed by atoms with Gasteiger partial charge in [0, 0.05) is 5.92 Å². The summed E-state index contributed by atoms with van der Waals surface area (Å²) in [4.78, 5) is 0. The average Bonchev–Trinajstić information content (AvgIpc) is 2.39. The second-order valence-electron chi connectivity index (χ2n) is 4.75. The van der Waals surface area contributed by atoms with E-state index in [1.807, 2.05) is 25.1 Å². The van der Waals surface area contributed by atoms with Gasteiger partial charge in [-0.1, -0.05) is 35.9 Å². The normalized spacial score (nSPS) is 12.4. The fourth-order valence-corrected chi connectivity index (χ4v) is 2.32. The van der Waals surface area contributed by atoms with Crippen LogP contribution in [-0.4, -0.2) is 11.7 Å². The maximum atomic E-state index is 13.5. The van der Waals surface area contributed by atoms with E-state index in [2.05, 4.69) is 6.07 Å². The summed E-state index contributed by atoms with van der Waals surface area (Å²) in [5.74, 6) is -0.855. The van der Waals surface area contributed by atoms with Crippen LogP contribution < -0.4 is 5.73 Å². The molecule has 0 saturated carbocycles. The van der Waals surface area contributed by atoms with Crippen LogP contribution in [0.4, 0.5) is 4.39 Å². The van der Waals surface area contributed by atoms with Crippen molar-refractivity contribution < 1.29 is 9.50 Å². The van der Waals surface area contributed by atoms with Gasteiger partial charge in [0.2, 0.25) is 0 Å². The molecule has 1 unspecified atom stereocenters. The fourth-order valence-electron chi connectivity index (χ4n) is 2.32. The molecule has 3 N–H and O–H groups in total. The number of halogens is 1. The van der Waals surface area contributed by atoms with Gasteiger partial charge in [-0.2, -0.15) is 0 Å². The number of hydrogen-bond acceptors (Lipinski definition) is 2. The first kappa shape index (κ1) is 13.6. The minimum atomic E-state index is -0.591. The minimum absolute atomic E-state index is 0.0556. The standard InChI is InChI=1S/C16H18FNO/c1-11-3-2-4-12(9-11)14(7-8-18)13-5-6-16(19)15(17)10-13/h2-6,9-10,14,19H,7-8,18H2,1H3. The van der Waals surface area contributed by atoms with Crippen molar-refractivity contribution in [3.63, 3.8) is 0 Å². The van der Waals surface area contributed by atoms with E-state index in [1.165, 1.54) is 17.7 Å². The summed E-state index contributed by atoms with van der Waals surface area (Å²) in [6, 6.07) is 12.7. The second-order valence-corrected chi connectivity index (χ2v) is 4.75. The number of aryl methyl sites for hydroxylation is 1. The number of benzene rings is 2. The number of phenolic OH excluding ortho intramolecular Hbond substituents is 1. The van der Waals surface area contributed by atoms with E-state index in [-0.39, 0.29) is 11.7 Å². The van der Waals surface area contributed by atoms with Crippen LogP contribution in [-0.2, 0) is 0 Å². The van der Waals surface area contributed by atoms with Crippen molar-refractivity contribution in [1.29, 1.82) is 0 Å². The predicted molar refractivity (Wildman–Crippen MR) is 74.8 cm³/mol. The third kappa shape index (κ3) is 3.12. The monoisotopic (exact) mass is 259 g/mol. The lowest BCUT2D eigenvalue weighted by molar-refractivity contribution is 0.431. The molecule has 0 aliphatic carbocycles. The SMILES string of the molecule is Cc1cccc(C(CCN)c2ccc(O)c(F)c2)c1. The van der Waals surface area contributed by atoms with Gasteiger partial charge in [0.15, 0.2) is 11.6 Å². The number of rotatable bonds is 4. The lowest BCUT2D eigenvalue weighted by Gasteiger charge is -2.18. The van der Waals surface area contributed by atoms with Crippen LogP contribution in [0.5, 0.6) is 5.75 Å². The Kier molecular flexibility index (Phi) is 4.17. The smallest absolute Gasteiger partial charge is 0.165 e. The van der Waals surface area contributed by atoms with E-state index in [1.54, 1.807) is 6.07 Å². The molecular formula is C16H18FNO. The topological polar surface area (TPSA) is 46.2 Å². The van der Waals surface area contributed by atoms with Crippen LogP contribution in [0.3, 0.4) is 0 Å². The zero-order valence-corrected chi connectivity index (χ0v) is 10.9. The summed E-state index contributed by atoms with van der Waals surface area (Å²) in [6.45, 7) is 2.56. The van der Waals surface area contributed by atoms with Gasteiger partial charge in [0.05, 0.1) is 0 Å². The summed E-state index contributed by atoms with van der Waals surface area (Å²) in [6.07, 6.45) is 0.744. The molecule has 1 atom stereocenters. The van der Waals surface area contributed by atoms with Gasteiger partial charge >= 0.3 is 0 Å². The van der Waals surface area contributed by atoms with Gasteiger partial charge in [-0.3, -0.25) is 0 Å². The number of hydrogen-bond donors (Lipinski definition) is 2. The van der Waals surface area contributed by atoms with Gasteiger partial charge in [-0.25, -0.2) is 4.39 Å². The Bertz CT molecular complexity index is 568. The van der Waals surface area contributed by atoms with Gasteiger partial charge < -0.3 is 10.8 Å². The Morgan fingerprint density at radius 2 is 1.89 bits per heavy atom. The summed E-state index contributed by atoms with van der Waals surface area (Å²) in [5, 5.41) is 9.27. The highest BCUT2D eigenvalue weighted by Gasteiger charge is 2.15. The zero-order valence-electron chi connectivity index (χ0n) is 10.9. The molecule has 100 valence electrons. The molecule has 0 aromatic heterocycles. The van der Waals surface area contributed by atoms with Crippen molar-refractivity contribution >= 4 is 0 Å². The predicted octanol–water partition coefficient (Wildman–Crippen LogP) is 3.32. The first-order valence-electron chi connectivity index (χ1n) is 6.37. The molecule has 0 amide bonds. The van der Waals surface area contributed by atoms with Crippen LogP contribution >= 0.6 is 0 Å². The van der Waals surface area contributed by atoms with Gasteiger partial charge in [-0.05, 0) is 43.1 Å². The van der Waals surface area contributed by atoms with E-state index in [0.29, 0.717) is 6.54 Å². The summed E-state index contributed by atoms with van der Waals surface area (Å²) in [5.41, 5.74) is 8.79. The largest absolute Gasteiger partial charge is 0.505 e. The van der Waals surface area contributed by atoms with Crippen LogP contribution in [0.1, 0.15) is 29.0 Å². The van der Waals surface area contributed by atoms with Crippen LogP contribution in [0.2, 0.25) is 0 Å². The van der Waals surface area contributed by atoms with Crippen molar-refractivity contribution in [1.82, 2.24) is 0 Å². The average molecular weight is 259 g/mol. The van der Waals surface area contributed by atoms with E-state index in [0.717, 1.165) is 17.5 Å². The highest BCUT2D eigenvalue weighted by molar-refractivity contribution is 5.37. The number of phenols is 1. The van der Waals surface area contributed by atoms with Gasteiger partial charge in [0.1, 0.15) is 0 Å². The maximum Gasteiger partial charge on any atom is 0.165 e. The number of aromatic hydroxyl groups is 1. The molecule has 0 aliphatic heterocycles. The molecule has 0 aliphatic rings. The molecule has 3 heteroatoms. The van der Waals surface area contributed by atoms with Gasteiger partial charge in [-0.15, -0.1) is 0 Å². The molecule has 0 fully saturated rings. The van der Waals surface area contributed by atoms with Crippen molar-refractivity contribution in [2.24, 2.45) is 5.73 Å². The molecular weight excluding hydrogens is 241 g/mol. The summed E-state index contributed by atoms with van der Waals surface area (Å²) >= 11 is 0. The van der Waals surface area contributed by atoms with Crippen LogP contribution in [0.15, 0.2) is 42.5 Å². The Balaban J connectivity index is 2.42. The Morgan fingerprint density at radius 1 is 1.16 bits per heavy atom. The van der Waals surface area contributed by atoms with Crippen molar-refractivity contribution in [2.75, 3.05) is 6.54 Å². The Morgan fingerprint density at radius 3 is 2.53 bits per heavy atom. The molecule has 2 nitrogen and oxygen atoms in total. The minimum Gasteiger partial charge on any atom is -0.505 e. The lowest BCUT2D eigenvalue weighted by atomic mass is 9.88. The molecule has 0 bridgehead atoms. The molecule has 2 aromatic rings. The first-order valence-corrected chi connectivity index (χ1v) is 6.37. The Hall–Kier alpha value is -1.87. The molecule has 0 spiro atoms. The first-order chi connectivity index (χ1) is 9.11. The quantitative estimate of drug-likeness (QED) is 0.884. The van der Waals surface area contributed by atoms with Crippen LogP contribution in [0, 0.1) is 12.7 Å². The third-order valence-electron chi connectivity index (χ3n) is 3.27. The van der Waals surface area contributed by atoms with Crippen molar-refractivity contribution in [2.45, 2.75) is 19.3 Å². The van der Waals surface area contributed by atoms with E-state index in [4.69, 9.17) is 5.73 Å². The molecule has 2 aromatic carbocycles. The maximum absolute atomic E-state index is 13.5. The van der Waals surface area contributed by atoms with Crippen LogP contribution in [0.25, 0.3) is 0 Å². The molecule has 0 radical (unpaired) electrons. The highest BCUT2D eigenvalue weighted by Crippen LogP contribution is 2.30. The third-order valence-corrected chi connectivity index (χ3v) is 3.27. The van der Waals surface area contributed by atoms with E-state index in [9.17, 15) is 9.50 Å². The van der Waals surface area contributed by atoms with Crippen molar-refractivity contribution in [3.8, 4) is 5.75 Å². The fraction of sp³-hybridized carbons (Fsp3) is 0.250. The number of nitrogens with two attached hydrogens (primary N) is 1. The molecule has 0 heterocycles. The summed E-state index contributed by atoms with van der Waals surface area (Å²) in [7, 11) is 0. The molecule has 0 saturated heterocycles. The van der Waals surface area contributed by atoms with Crippen molar-refractivity contribution in [3.05, 3.63) is 65.0 Å². The molecule has 2 rings (SSSR count). The molecule has 19 heavy (non-hydrogen) atoms. The zero-order chi connectivity index (χ0) is 13.8. The van der Waals surface area contributed by atoms with Gasteiger partial charge in [0.25, 0.3) is 0 Å². The van der Waals surface area contributed by atoms with E-state index >= 15 is 0 Å². The Labute approximate surface area is 112 Å². The summed E-state index contributed by atoms with van der Waals surface area (Å²) < 4.78 is 13.5.